The standard InChI is InChI=1S/C12H12F2N2O3/c13-8-1-2-10(9(14)3-8)15-11(17)6-16-4-7(5-16)12(18)19/h1-3,7H,4-6H2,(H,15,17)(H,18,19). The zero-order chi connectivity index (χ0) is 14.0. The summed E-state index contributed by atoms with van der Waals surface area (Å²) in [5.41, 5.74) is -0.0956. The Hall–Kier alpha value is -2.02. The first kappa shape index (κ1) is 13.4. The maximum Gasteiger partial charge on any atom is 0.309 e. The molecule has 1 aromatic rings. The first-order chi connectivity index (χ1) is 8.95. The van der Waals surface area contributed by atoms with E-state index in [0.717, 1.165) is 12.1 Å². The number of aliphatic carboxylic acids is 1. The molecule has 1 aliphatic heterocycles. The van der Waals surface area contributed by atoms with E-state index in [9.17, 15) is 18.4 Å². The number of hydrogen-bond donors (Lipinski definition) is 2. The molecule has 0 aliphatic carbocycles. The number of anilines is 1. The maximum atomic E-state index is 13.3. The summed E-state index contributed by atoms with van der Waals surface area (Å²) in [6.45, 7) is 0.587. The maximum absolute atomic E-state index is 13.3. The van der Waals surface area contributed by atoms with Gasteiger partial charge in [-0.15, -0.1) is 0 Å². The van der Waals surface area contributed by atoms with Crippen LogP contribution in [0.2, 0.25) is 0 Å². The average molecular weight is 270 g/mol. The molecule has 19 heavy (non-hydrogen) atoms. The Morgan fingerprint density at radius 1 is 1.37 bits per heavy atom. The summed E-state index contributed by atoms with van der Waals surface area (Å²) in [7, 11) is 0. The normalized spacial score (nSPS) is 15.9. The van der Waals surface area contributed by atoms with E-state index in [4.69, 9.17) is 5.11 Å². The quantitative estimate of drug-likeness (QED) is 0.853. The van der Waals surface area contributed by atoms with Gasteiger partial charge in [-0.05, 0) is 12.1 Å². The van der Waals surface area contributed by atoms with Crippen molar-refractivity contribution in [2.24, 2.45) is 5.92 Å². The van der Waals surface area contributed by atoms with Gasteiger partial charge in [-0.2, -0.15) is 0 Å². The first-order valence-corrected chi connectivity index (χ1v) is 5.66. The molecule has 0 bridgehead atoms. The third kappa shape index (κ3) is 3.25. The number of halogens is 2. The number of carboxylic acid groups (broad SMARTS) is 1. The lowest BCUT2D eigenvalue weighted by atomic mass is 10.0. The number of carbonyl (C=O) groups excluding carboxylic acids is 1. The Kier molecular flexibility index (Phi) is 3.75. The molecule has 0 radical (unpaired) electrons. The van der Waals surface area contributed by atoms with E-state index in [-0.39, 0.29) is 12.2 Å². The number of amides is 1. The third-order valence-corrected chi connectivity index (χ3v) is 2.88. The first-order valence-electron chi connectivity index (χ1n) is 5.66. The van der Waals surface area contributed by atoms with Crippen LogP contribution in [0.3, 0.4) is 0 Å². The van der Waals surface area contributed by atoms with Crippen LogP contribution in [0.15, 0.2) is 18.2 Å². The van der Waals surface area contributed by atoms with E-state index >= 15 is 0 Å². The second kappa shape index (κ2) is 5.31. The molecule has 1 saturated heterocycles. The van der Waals surface area contributed by atoms with Gasteiger partial charge in [0.25, 0.3) is 0 Å². The van der Waals surface area contributed by atoms with Crippen molar-refractivity contribution in [2.45, 2.75) is 0 Å². The van der Waals surface area contributed by atoms with Crippen LogP contribution in [0.25, 0.3) is 0 Å². The zero-order valence-electron chi connectivity index (χ0n) is 9.90. The lowest BCUT2D eigenvalue weighted by molar-refractivity contribution is -0.148. The molecule has 7 heteroatoms. The molecule has 2 N–H and O–H groups in total. The molecule has 2 rings (SSSR count). The number of rotatable bonds is 4. The number of likely N-dealkylation sites (tertiary alicyclic amines) is 1. The Labute approximate surface area is 107 Å². The highest BCUT2D eigenvalue weighted by atomic mass is 19.1. The van der Waals surface area contributed by atoms with E-state index in [0.29, 0.717) is 19.2 Å². The molecule has 5 nitrogen and oxygen atoms in total. The zero-order valence-corrected chi connectivity index (χ0v) is 9.90. The molecule has 102 valence electrons. The van der Waals surface area contributed by atoms with Crippen LogP contribution in [-0.4, -0.2) is 41.5 Å². The highest BCUT2D eigenvalue weighted by Gasteiger charge is 2.33. The van der Waals surface area contributed by atoms with Crippen molar-refractivity contribution < 1.29 is 23.5 Å². The second-order valence-electron chi connectivity index (χ2n) is 4.40. The average Bonchev–Trinajstić information content (AvgIpc) is 2.26. The van der Waals surface area contributed by atoms with Crippen molar-refractivity contribution in [1.29, 1.82) is 0 Å². The SMILES string of the molecule is O=C(CN1CC(C(=O)O)C1)Nc1ccc(F)cc1F. The molecule has 0 aromatic heterocycles. The highest BCUT2D eigenvalue weighted by molar-refractivity contribution is 5.92. The fraction of sp³-hybridized carbons (Fsp3) is 0.333. The molecule has 0 unspecified atom stereocenters. The largest absolute Gasteiger partial charge is 0.481 e. The minimum Gasteiger partial charge on any atom is -0.481 e. The smallest absolute Gasteiger partial charge is 0.309 e. The summed E-state index contributed by atoms with van der Waals surface area (Å²) in [6.07, 6.45) is 0. The summed E-state index contributed by atoms with van der Waals surface area (Å²) in [5.74, 6) is -3.37. The van der Waals surface area contributed by atoms with Crippen LogP contribution in [0.5, 0.6) is 0 Å². The Balaban J connectivity index is 1.84. The summed E-state index contributed by atoms with van der Waals surface area (Å²) in [4.78, 5) is 23.8. The fourth-order valence-electron chi connectivity index (χ4n) is 1.84. The van der Waals surface area contributed by atoms with Gasteiger partial charge >= 0.3 is 5.97 Å². The monoisotopic (exact) mass is 270 g/mol. The number of hydrogen-bond acceptors (Lipinski definition) is 3. The number of benzene rings is 1. The van der Waals surface area contributed by atoms with Crippen LogP contribution in [0, 0.1) is 17.6 Å². The van der Waals surface area contributed by atoms with Gasteiger partial charge in [0.15, 0.2) is 0 Å². The molecule has 0 saturated carbocycles. The van der Waals surface area contributed by atoms with Crippen LogP contribution in [-0.2, 0) is 9.59 Å². The van der Waals surface area contributed by atoms with Crippen molar-refractivity contribution in [2.75, 3.05) is 25.0 Å². The molecule has 1 aliphatic rings. The Morgan fingerprint density at radius 2 is 2.05 bits per heavy atom. The molecular formula is C12H12F2N2O3. The van der Waals surface area contributed by atoms with E-state index in [2.05, 4.69) is 5.32 Å². The number of nitrogens with zero attached hydrogens (tertiary/aromatic N) is 1. The van der Waals surface area contributed by atoms with Gasteiger partial charge in [-0.3, -0.25) is 14.5 Å². The van der Waals surface area contributed by atoms with Gasteiger partial charge in [0, 0.05) is 19.2 Å². The summed E-state index contributed by atoms with van der Waals surface area (Å²) >= 11 is 0. The molecule has 1 heterocycles. The van der Waals surface area contributed by atoms with Gasteiger partial charge in [0.05, 0.1) is 18.2 Å². The Bertz CT molecular complexity index is 516. The van der Waals surface area contributed by atoms with E-state index in [1.54, 1.807) is 4.90 Å². The molecule has 1 fully saturated rings. The molecule has 0 atom stereocenters. The van der Waals surface area contributed by atoms with E-state index in [1.807, 2.05) is 0 Å². The summed E-state index contributed by atoms with van der Waals surface area (Å²) < 4.78 is 25.9. The van der Waals surface area contributed by atoms with Crippen molar-refractivity contribution >= 4 is 17.6 Å². The molecule has 1 amide bonds. The van der Waals surface area contributed by atoms with Gasteiger partial charge in [0.2, 0.25) is 5.91 Å². The van der Waals surface area contributed by atoms with Gasteiger partial charge in [0.1, 0.15) is 11.6 Å². The van der Waals surface area contributed by atoms with Crippen molar-refractivity contribution in [3.63, 3.8) is 0 Å². The predicted octanol–water partition coefficient (Wildman–Crippen LogP) is 0.920. The van der Waals surface area contributed by atoms with Gasteiger partial charge in [-0.1, -0.05) is 0 Å². The van der Waals surface area contributed by atoms with Gasteiger partial charge < -0.3 is 10.4 Å². The van der Waals surface area contributed by atoms with Crippen molar-refractivity contribution in [3.8, 4) is 0 Å². The molecule has 1 aromatic carbocycles. The lowest BCUT2D eigenvalue weighted by Gasteiger charge is -2.35. The highest BCUT2D eigenvalue weighted by Crippen LogP contribution is 2.17. The molecular weight excluding hydrogens is 258 g/mol. The van der Waals surface area contributed by atoms with Gasteiger partial charge in [-0.25, -0.2) is 8.78 Å². The third-order valence-electron chi connectivity index (χ3n) is 2.88. The van der Waals surface area contributed by atoms with Crippen molar-refractivity contribution in [3.05, 3.63) is 29.8 Å². The number of nitrogens with one attached hydrogen (secondary N) is 1. The molecule has 0 spiro atoms. The number of carboxylic acids is 1. The van der Waals surface area contributed by atoms with E-state index < -0.39 is 29.4 Å². The number of carbonyl (C=O) groups is 2. The van der Waals surface area contributed by atoms with Crippen LogP contribution in [0.4, 0.5) is 14.5 Å². The minimum absolute atomic E-state index is 0.0133. The lowest BCUT2D eigenvalue weighted by Crippen LogP contribution is -2.52. The van der Waals surface area contributed by atoms with E-state index in [1.165, 1.54) is 0 Å². The second-order valence-corrected chi connectivity index (χ2v) is 4.40. The predicted molar refractivity (Wildman–Crippen MR) is 62.6 cm³/mol. The van der Waals surface area contributed by atoms with Crippen LogP contribution in [0.1, 0.15) is 0 Å². The topological polar surface area (TPSA) is 69.6 Å². The summed E-state index contributed by atoms with van der Waals surface area (Å²) in [6, 6.07) is 2.86. The summed E-state index contributed by atoms with van der Waals surface area (Å²) in [5, 5.41) is 11.0. The van der Waals surface area contributed by atoms with Crippen LogP contribution < -0.4 is 5.32 Å². The Morgan fingerprint density at radius 3 is 2.63 bits per heavy atom. The fourth-order valence-corrected chi connectivity index (χ4v) is 1.84. The van der Waals surface area contributed by atoms with Crippen molar-refractivity contribution in [1.82, 2.24) is 4.90 Å². The minimum atomic E-state index is -0.888. The van der Waals surface area contributed by atoms with Crippen LogP contribution >= 0.6 is 0 Å².